The van der Waals surface area contributed by atoms with Gasteiger partial charge in [-0.1, -0.05) is 36.1 Å². The predicted molar refractivity (Wildman–Crippen MR) is 89.8 cm³/mol. The number of carbonyl (C=O) groups is 1. The Balaban J connectivity index is 2.25. The summed E-state index contributed by atoms with van der Waals surface area (Å²) in [6, 6.07) is 4.38. The number of rotatable bonds is 5. The highest BCUT2D eigenvalue weighted by atomic mass is 16.5. The van der Waals surface area contributed by atoms with Crippen molar-refractivity contribution in [2.45, 2.75) is 26.2 Å². The molecule has 0 aliphatic heterocycles. The molecule has 2 aliphatic rings. The molecule has 0 aromatic heterocycles. The average molecular weight is 320 g/mol. The van der Waals surface area contributed by atoms with Gasteiger partial charge in [-0.25, -0.2) is 0 Å². The normalized spacial score (nSPS) is 24.0. The van der Waals surface area contributed by atoms with E-state index in [-0.39, 0.29) is 18.9 Å². The van der Waals surface area contributed by atoms with Crippen molar-refractivity contribution < 1.29 is 9.53 Å². The largest absolute Gasteiger partial charge is 0.453 e. The van der Waals surface area contributed by atoms with Gasteiger partial charge in [-0.3, -0.25) is 4.79 Å². The molecule has 4 nitrogen and oxygen atoms in total. The minimum absolute atomic E-state index is 0.0236. The van der Waals surface area contributed by atoms with E-state index in [1.54, 1.807) is 0 Å². The van der Waals surface area contributed by atoms with Gasteiger partial charge in [-0.15, -0.1) is 6.58 Å². The molecule has 0 saturated heterocycles. The van der Waals surface area contributed by atoms with Crippen molar-refractivity contribution in [3.05, 3.63) is 36.5 Å². The molecule has 0 saturated carbocycles. The minimum atomic E-state index is -1.26. The quantitative estimate of drug-likeness (QED) is 0.442. The van der Waals surface area contributed by atoms with Crippen LogP contribution >= 0.6 is 0 Å². The maximum Gasteiger partial charge on any atom is 0.303 e. The van der Waals surface area contributed by atoms with Gasteiger partial charge < -0.3 is 4.74 Å². The fourth-order valence-corrected chi connectivity index (χ4v) is 3.42. The number of carbonyl (C=O) groups excluding carboxylic acids is 1. The molecule has 0 aromatic rings. The van der Waals surface area contributed by atoms with Crippen molar-refractivity contribution in [1.82, 2.24) is 0 Å². The van der Waals surface area contributed by atoms with Gasteiger partial charge in [0, 0.05) is 13.3 Å². The Morgan fingerprint density at radius 3 is 2.79 bits per heavy atom. The third-order valence-corrected chi connectivity index (χ3v) is 4.58. The molecule has 3 atom stereocenters. The van der Waals surface area contributed by atoms with Gasteiger partial charge in [0.05, 0.1) is 12.1 Å². The maximum atomic E-state index is 10.7. The van der Waals surface area contributed by atoms with Crippen LogP contribution in [0.2, 0.25) is 0 Å². The van der Waals surface area contributed by atoms with Gasteiger partial charge in [-0.05, 0) is 36.2 Å². The Morgan fingerprint density at radius 2 is 2.17 bits per heavy atom. The van der Waals surface area contributed by atoms with E-state index in [1.807, 2.05) is 6.08 Å². The first-order valence-electron chi connectivity index (χ1n) is 7.99. The molecule has 4 heteroatoms. The summed E-state index contributed by atoms with van der Waals surface area (Å²) in [4.78, 5) is 10.7. The lowest BCUT2D eigenvalue weighted by Crippen LogP contribution is -2.30. The zero-order chi connectivity index (χ0) is 17.6. The van der Waals surface area contributed by atoms with Crippen LogP contribution in [0.1, 0.15) is 26.2 Å². The van der Waals surface area contributed by atoms with Gasteiger partial charge in [0.2, 0.25) is 0 Å². The highest BCUT2D eigenvalue weighted by Gasteiger charge is 2.44. The second-order valence-electron chi connectivity index (χ2n) is 6.14. The number of fused-ring (bicyclic) bond motifs is 2. The van der Waals surface area contributed by atoms with Crippen molar-refractivity contribution in [3.8, 4) is 24.0 Å². The third kappa shape index (κ3) is 3.58. The number of nitriles is 2. The molecular formula is C20H20N2O2. The van der Waals surface area contributed by atoms with Crippen LogP contribution in [-0.2, 0) is 9.53 Å². The molecule has 0 N–H and O–H groups in total. The van der Waals surface area contributed by atoms with Crippen molar-refractivity contribution in [1.29, 1.82) is 10.5 Å². The zero-order valence-corrected chi connectivity index (χ0v) is 13.8. The number of nitrogens with zero attached hydrogens (tertiary/aromatic N) is 2. The van der Waals surface area contributed by atoms with E-state index in [1.165, 1.54) is 6.92 Å². The molecule has 0 heterocycles. The number of hydrogen-bond acceptors (Lipinski definition) is 4. The summed E-state index contributed by atoms with van der Waals surface area (Å²) in [5.41, 5.74) is -0.403. The van der Waals surface area contributed by atoms with E-state index < -0.39 is 11.4 Å². The number of allylic oxidation sites excluding steroid dienone is 5. The first-order valence-corrected chi connectivity index (χ1v) is 7.99. The van der Waals surface area contributed by atoms with E-state index in [0.29, 0.717) is 11.8 Å². The number of ether oxygens (including phenoxy) is 1. The molecule has 0 unspecified atom stereocenters. The van der Waals surface area contributed by atoms with Crippen LogP contribution in [0.25, 0.3) is 0 Å². The molecule has 0 radical (unpaired) electrons. The highest BCUT2D eigenvalue weighted by Crippen LogP contribution is 2.48. The van der Waals surface area contributed by atoms with Gasteiger partial charge in [0.15, 0.2) is 12.0 Å². The molecular weight excluding hydrogens is 300 g/mol. The Kier molecular flexibility index (Phi) is 5.62. The maximum absolute atomic E-state index is 10.7. The molecule has 122 valence electrons. The first kappa shape index (κ1) is 17.6. The van der Waals surface area contributed by atoms with Gasteiger partial charge in [-0.2, -0.15) is 10.5 Å². The Morgan fingerprint density at radius 1 is 1.42 bits per heavy atom. The lowest BCUT2D eigenvalue weighted by molar-refractivity contribution is -0.139. The second kappa shape index (κ2) is 7.67. The molecule has 2 bridgehead atoms. The van der Waals surface area contributed by atoms with Gasteiger partial charge in [0.25, 0.3) is 0 Å². The standard InChI is InChI=1S/C20H20N2O2/c1-3-6-18-17-8-7-16(11-17)12-19(18)20(13-21,14-22)9-4-5-10-24-15(2)23/h3,7-8,12,16-18H,1,6,9-11H2,2H3/t16-,17+,18-/m0/s1. The highest BCUT2D eigenvalue weighted by molar-refractivity contribution is 5.66. The van der Waals surface area contributed by atoms with Crippen LogP contribution in [0, 0.1) is 57.7 Å². The Hall–Kier alpha value is -2.77. The fraction of sp³-hybridized carbons (Fsp3) is 0.450. The molecule has 0 fully saturated rings. The summed E-state index contributed by atoms with van der Waals surface area (Å²) in [7, 11) is 0. The molecule has 2 aliphatic carbocycles. The van der Waals surface area contributed by atoms with Crippen LogP contribution in [0.5, 0.6) is 0 Å². The van der Waals surface area contributed by atoms with Crippen molar-refractivity contribution in [3.63, 3.8) is 0 Å². The molecule has 24 heavy (non-hydrogen) atoms. The molecule has 0 amide bonds. The lowest BCUT2D eigenvalue weighted by Gasteiger charge is -2.35. The zero-order valence-electron chi connectivity index (χ0n) is 13.8. The van der Waals surface area contributed by atoms with Crippen LogP contribution in [-0.4, -0.2) is 12.6 Å². The summed E-state index contributed by atoms with van der Waals surface area (Å²) < 4.78 is 4.76. The van der Waals surface area contributed by atoms with Crippen LogP contribution in [0.15, 0.2) is 36.5 Å². The van der Waals surface area contributed by atoms with E-state index in [9.17, 15) is 15.3 Å². The summed E-state index contributed by atoms with van der Waals surface area (Å²) in [6.45, 7) is 5.10. The fourth-order valence-electron chi connectivity index (χ4n) is 3.42. The number of hydrogen-bond donors (Lipinski definition) is 0. The first-order chi connectivity index (χ1) is 11.6. The molecule has 2 rings (SSSR count). The topological polar surface area (TPSA) is 73.9 Å². The smallest absolute Gasteiger partial charge is 0.303 e. The van der Waals surface area contributed by atoms with Gasteiger partial charge >= 0.3 is 5.97 Å². The summed E-state index contributed by atoms with van der Waals surface area (Å²) in [5.74, 6) is 5.90. The third-order valence-electron chi connectivity index (χ3n) is 4.58. The van der Waals surface area contributed by atoms with Crippen LogP contribution in [0.4, 0.5) is 0 Å². The van der Waals surface area contributed by atoms with Crippen molar-refractivity contribution in [2.75, 3.05) is 6.61 Å². The molecule has 0 spiro atoms. The SMILES string of the molecule is C=CC[C@@H]1C(C(C#N)(C#N)CC#CCOC(C)=O)=C[C@H]2C=C[C@@H]1C2. The van der Waals surface area contributed by atoms with Crippen LogP contribution in [0.3, 0.4) is 0 Å². The summed E-state index contributed by atoms with van der Waals surface area (Å²) in [5, 5.41) is 19.5. The van der Waals surface area contributed by atoms with Crippen LogP contribution < -0.4 is 0 Å². The van der Waals surface area contributed by atoms with E-state index in [0.717, 1.165) is 18.4 Å². The second-order valence-corrected chi connectivity index (χ2v) is 6.14. The number of esters is 1. The van der Waals surface area contributed by atoms with Gasteiger partial charge in [0.1, 0.15) is 0 Å². The van der Waals surface area contributed by atoms with Crippen molar-refractivity contribution >= 4 is 5.97 Å². The summed E-state index contributed by atoms with van der Waals surface area (Å²) in [6.07, 6.45) is 10.1. The Labute approximate surface area is 143 Å². The lowest BCUT2D eigenvalue weighted by atomic mass is 9.65. The summed E-state index contributed by atoms with van der Waals surface area (Å²) >= 11 is 0. The van der Waals surface area contributed by atoms with E-state index >= 15 is 0 Å². The van der Waals surface area contributed by atoms with Crippen molar-refractivity contribution in [2.24, 2.45) is 23.2 Å². The Bertz CT molecular complexity index is 707. The average Bonchev–Trinajstić information content (AvgIpc) is 2.96. The molecule has 0 aromatic carbocycles. The minimum Gasteiger partial charge on any atom is -0.453 e. The monoisotopic (exact) mass is 320 g/mol. The van der Waals surface area contributed by atoms with E-state index in [4.69, 9.17) is 4.74 Å². The van der Waals surface area contributed by atoms with E-state index in [2.05, 4.69) is 48.8 Å². The predicted octanol–water partition coefficient (Wildman–Crippen LogP) is 3.30.